The maximum atomic E-state index is 6.04. The Morgan fingerprint density at radius 2 is 1.94 bits per heavy atom. The minimum absolute atomic E-state index is 0.723. The van der Waals surface area contributed by atoms with Gasteiger partial charge in [-0.1, -0.05) is 11.6 Å². The van der Waals surface area contributed by atoms with Gasteiger partial charge in [0.15, 0.2) is 5.82 Å². The van der Waals surface area contributed by atoms with E-state index in [1.54, 1.807) is 0 Å². The zero-order valence-electron chi connectivity index (χ0n) is 9.57. The molecule has 0 atom stereocenters. The van der Waals surface area contributed by atoms with Crippen LogP contribution in [0, 0.1) is 3.70 Å². The zero-order chi connectivity index (χ0) is 12.5. The highest BCUT2D eigenvalue weighted by molar-refractivity contribution is 14.1. The van der Waals surface area contributed by atoms with E-state index in [1.165, 1.54) is 0 Å². The average molecular weight is 376 g/mol. The van der Waals surface area contributed by atoms with Gasteiger partial charge in [0, 0.05) is 28.9 Å². The Kier molecular flexibility index (Phi) is 3.54. The molecule has 18 heavy (non-hydrogen) atoms. The van der Waals surface area contributed by atoms with Gasteiger partial charge < -0.3 is 9.64 Å². The number of benzene rings is 1. The summed E-state index contributed by atoms with van der Waals surface area (Å²) < 4.78 is 6.24. The first kappa shape index (κ1) is 12.4. The predicted octanol–water partition coefficient (Wildman–Crippen LogP) is 2.72. The second-order valence-electron chi connectivity index (χ2n) is 4.10. The smallest absolute Gasteiger partial charge is 0.159 e. The molecule has 4 nitrogen and oxygen atoms in total. The van der Waals surface area contributed by atoms with E-state index in [4.69, 9.17) is 16.3 Å². The summed E-state index contributed by atoms with van der Waals surface area (Å²) in [6.45, 7) is 3.19. The standard InChI is InChI=1S/C12H11ClIN3O/c13-8-1-2-9-10(7-8)11(14)15-16-12(9)17-3-5-18-6-4-17/h1-2,7H,3-6H2. The Bertz CT molecular complexity index is 587. The van der Waals surface area contributed by atoms with Crippen LogP contribution in [-0.4, -0.2) is 36.5 Å². The number of aromatic nitrogens is 2. The van der Waals surface area contributed by atoms with E-state index in [1.807, 2.05) is 18.2 Å². The number of hydrogen-bond acceptors (Lipinski definition) is 4. The van der Waals surface area contributed by atoms with Crippen molar-refractivity contribution in [1.29, 1.82) is 0 Å². The van der Waals surface area contributed by atoms with E-state index in [0.717, 1.165) is 51.6 Å². The molecule has 1 fully saturated rings. The van der Waals surface area contributed by atoms with E-state index in [-0.39, 0.29) is 0 Å². The third-order valence-electron chi connectivity index (χ3n) is 2.99. The monoisotopic (exact) mass is 375 g/mol. The second kappa shape index (κ2) is 5.14. The molecule has 1 aliphatic rings. The molecule has 2 aromatic rings. The molecule has 0 N–H and O–H groups in total. The summed E-state index contributed by atoms with van der Waals surface area (Å²) in [6, 6.07) is 5.85. The fraction of sp³-hybridized carbons (Fsp3) is 0.333. The average Bonchev–Trinajstić information content (AvgIpc) is 2.41. The lowest BCUT2D eigenvalue weighted by molar-refractivity contribution is 0.122. The summed E-state index contributed by atoms with van der Waals surface area (Å²) >= 11 is 8.23. The summed E-state index contributed by atoms with van der Waals surface area (Å²) in [5, 5.41) is 11.4. The van der Waals surface area contributed by atoms with Gasteiger partial charge in [-0.25, -0.2) is 0 Å². The van der Waals surface area contributed by atoms with Crippen LogP contribution in [0.2, 0.25) is 5.02 Å². The fourth-order valence-corrected chi connectivity index (χ4v) is 2.82. The maximum Gasteiger partial charge on any atom is 0.159 e. The minimum atomic E-state index is 0.723. The van der Waals surface area contributed by atoms with Crippen molar-refractivity contribution in [3.8, 4) is 0 Å². The molecular weight excluding hydrogens is 365 g/mol. The lowest BCUT2D eigenvalue weighted by Crippen LogP contribution is -2.37. The molecule has 1 saturated heterocycles. The number of halogens is 2. The summed E-state index contributed by atoms with van der Waals surface area (Å²) in [7, 11) is 0. The molecule has 0 spiro atoms. The van der Waals surface area contributed by atoms with E-state index in [9.17, 15) is 0 Å². The van der Waals surface area contributed by atoms with Gasteiger partial charge in [-0.3, -0.25) is 0 Å². The van der Waals surface area contributed by atoms with Crippen LogP contribution >= 0.6 is 34.2 Å². The largest absolute Gasteiger partial charge is 0.378 e. The van der Waals surface area contributed by atoms with E-state index in [0.29, 0.717) is 0 Å². The molecule has 0 saturated carbocycles. The van der Waals surface area contributed by atoms with Gasteiger partial charge in [-0.15, -0.1) is 10.2 Å². The Hall–Kier alpha value is -0.660. The first-order valence-corrected chi connectivity index (χ1v) is 7.15. The van der Waals surface area contributed by atoms with Crippen LogP contribution in [0.3, 0.4) is 0 Å². The van der Waals surface area contributed by atoms with Crippen LogP contribution in [0.4, 0.5) is 5.82 Å². The quantitative estimate of drug-likeness (QED) is 0.719. The third kappa shape index (κ3) is 2.26. The molecule has 0 amide bonds. The summed E-state index contributed by atoms with van der Waals surface area (Å²) in [6.07, 6.45) is 0. The fourth-order valence-electron chi connectivity index (χ4n) is 2.09. The van der Waals surface area contributed by atoms with Crippen LogP contribution in [0.1, 0.15) is 0 Å². The number of ether oxygens (including phenoxy) is 1. The van der Waals surface area contributed by atoms with Crippen LogP contribution in [0.5, 0.6) is 0 Å². The highest BCUT2D eigenvalue weighted by atomic mass is 127. The van der Waals surface area contributed by atoms with Crippen molar-refractivity contribution < 1.29 is 4.74 Å². The number of rotatable bonds is 1. The number of morpholine rings is 1. The predicted molar refractivity (Wildman–Crippen MR) is 80.3 cm³/mol. The molecule has 1 aromatic carbocycles. The molecule has 0 aliphatic carbocycles. The molecule has 0 unspecified atom stereocenters. The lowest BCUT2D eigenvalue weighted by Gasteiger charge is -2.28. The maximum absolute atomic E-state index is 6.04. The third-order valence-corrected chi connectivity index (χ3v) is 4.02. The Balaban J connectivity index is 2.14. The summed E-state index contributed by atoms with van der Waals surface area (Å²) in [5.41, 5.74) is 0. The Morgan fingerprint density at radius 1 is 1.17 bits per heavy atom. The highest BCUT2D eigenvalue weighted by Gasteiger charge is 2.17. The van der Waals surface area contributed by atoms with E-state index >= 15 is 0 Å². The topological polar surface area (TPSA) is 38.2 Å². The molecule has 94 valence electrons. The van der Waals surface area contributed by atoms with Gasteiger partial charge in [0.05, 0.1) is 13.2 Å². The Labute approximate surface area is 123 Å². The van der Waals surface area contributed by atoms with Crippen LogP contribution in [-0.2, 0) is 4.74 Å². The molecule has 2 heterocycles. The first-order chi connectivity index (χ1) is 8.75. The van der Waals surface area contributed by atoms with Crippen molar-refractivity contribution in [2.24, 2.45) is 0 Å². The van der Waals surface area contributed by atoms with Crippen molar-refractivity contribution in [1.82, 2.24) is 10.2 Å². The molecule has 0 radical (unpaired) electrons. The van der Waals surface area contributed by atoms with Gasteiger partial charge >= 0.3 is 0 Å². The Morgan fingerprint density at radius 3 is 2.72 bits per heavy atom. The molecule has 3 rings (SSSR count). The van der Waals surface area contributed by atoms with Crippen LogP contribution in [0.15, 0.2) is 18.2 Å². The number of anilines is 1. The van der Waals surface area contributed by atoms with Crippen molar-refractivity contribution in [3.63, 3.8) is 0 Å². The molecule has 0 bridgehead atoms. The molecule has 6 heteroatoms. The van der Waals surface area contributed by atoms with Crippen molar-refractivity contribution in [2.75, 3.05) is 31.2 Å². The molecule has 1 aromatic heterocycles. The lowest BCUT2D eigenvalue weighted by atomic mass is 10.2. The molecular formula is C12H11ClIN3O. The van der Waals surface area contributed by atoms with Gasteiger partial charge in [0.1, 0.15) is 3.70 Å². The van der Waals surface area contributed by atoms with Crippen molar-refractivity contribution in [3.05, 3.63) is 26.9 Å². The van der Waals surface area contributed by atoms with E-state index < -0.39 is 0 Å². The van der Waals surface area contributed by atoms with Crippen LogP contribution < -0.4 is 4.90 Å². The van der Waals surface area contributed by atoms with Crippen molar-refractivity contribution in [2.45, 2.75) is 0 Å². The van der Waals surface area contributed by atoms with Gasteiger partial charge in [-0.05, 0) is 40.8 Å². The van der Waals surface area contributed by atoms with Gasteiger partial charge in [-0.2, -0.15) is 0 Å². The summed E-state index contributed by atoms with van der Waals surface area (Å²) in [5.74, 6) is 0.922. The molecule has 1 aliphatic heterocycles. The van der Waals surface area contributed by atoms with Crippen molar-refractivity contribution >= 4 is 50.8 Å². The first-order valence-electron chi connectivity index (χ1n) is 5.70. The SMILES string of the molecule is Clc1ccc2c(N3CCOCC3)nnc(I)c2c1. The normalized spacial score (nSPS) is 16.2. The van der Waals surface area contributed by atoms with Crippen LogP contribution in [0.25, 0.3) is 10.8 Å². The minimum Gasteiger partial charge on any atom is -0.378 e. The van der Waals surface area contributed by atoms with Gasteiger partial charge in [0.2, 0.25) is 0 Å². The number of hydrogen-bond donors (Lipinski definition) is 0. The zero-order valence-corrected chi connectivity index (χ0v) is 12.5. The summed E-state index contributed by atoms with van der Waals surface area (Å²) in [4.78, 5) is 2.21. The number of fused-ring (bicyclic) bond motifs is 1. The van der Waals surface area contributed by atoms with Gasteiger partial charge in [0.25, 0.3) is 0 Å². The second-order valence-corrected chi connectivity index (χ2v) is 5.56. The number of nitrogens with zero attached hydrogens (tertiary/aromatic N) is 3. The highest BCUT2D eigenvalue weighted by Crippen LogP contribution is 2.29. The van der Waals surface area contributed by atoms with E-state index in [2.05, 4.69) is 37.7 Å².